The number of rotatable bonds is 5. The molecule has 19 heavy (non-hydrogen) atoms. The lowest BCUT2D eigenvalue weighted by molar-refractivity contribution is -0.0159. The highest BCUT2D eigenvalue weighted by Gasteiger charge is 2.34. The number of pyridine rings is 1. The Bertz CT molecular complexity index is 513. The Hall–Kier alpha value is -1.43. The molecular weight excluding hydrogens is 242 g/mol. The average Bonchev–Trinajstić information content (AvgIpc) is 3.05. The molecule has 1 unspecified atom stereocenters. The molecule has 5 nitrogen and oxygen atoms in total. The second kappa shape index (κ2) is 5.28. The van der Waals surface area contributed by atoms with Crippen molar-refractivity contribution in [3.8, 4) is 0 Å². The van der Waals surface area contributed by atoms with E-state index >= 15 is 0 Å². The van der Waals surface area contributed by atoms with Crippen molar-refractivity contribution in [3.63, 3.8) is 0 Å². The summed E-state index contributed by atoms with van der Waals surface area (Å²) in [6, 6.07) is 6.00. The molecule has 2 aromatic rings. The summed E-state index contributed by atoms with van der Waals surface area (Å²) < 4.78 is 13.0. The summed E-state index contributed by atoms with van der Waals surface area (Å²) in [4.78, 5) is 4.55. The summed E-state index contributed by atoms with van der Waals surface area (Å²) in [7, 11) is 1.75. The fraction of sp³-hybridized carbons (Fsp3) is 0.500. The molecule has 3 heterocycles. The third kappa shape index (κ3) is 2.63. The SMILES string of the molecule is COC1(CNCc2cn3ccccc3n2)CCOC1. The van der Waals surface area contributed by atoms with Crippen molar-refractivity contribution in [1.29, 1.82) is 0 Å². The van der Waals surface area contributed by atoms with Gasteiger partial charge in [-0.15, -0.1) is 0 Å². The number of aromatic nitrogens is 2. The van der Waals surface area contributed by atoms with Gasteiger partial charge < -0.3 is 19.2 Å². The summed E-state index contributed by atoms with van der Waals surface area (Å²) >= 11 is 0. The van der Waals surface area contributed by atoms with Crippen LogP contribution in [0, 0.1) is 0 Å². The maximum absolute atomic E-state index is 5.58. The number of hydrogen-bond donors (Lipinski definition) is 1. The van der Waals surface area contributed by atoms with Crippen molar-refractivity contribution in [2.75, 3.05) is 26.9 Å². The molecule has 0 radical (unpaired) electrons. The Morgan fingerprint density at radius 3 is 3.21 bits per heavy atom. The highest BCUT2D eigenvalue weighted by molar-refractivity contribution is 5.39. The lowest BCUT2D eigenvalue weighted by Crippen LogP contribution is -2.42. The first-order chi connectivity index (χ1) is 9.31. The lowest BCUT2D eigenvalue weighted by Gasteiger charge is -2.25. The van der Waals surface area contributed by atoms with Crippen LogP contribution < -0.4 is 5.32 Å². The lowest BCUT2D eigenvalue weighted by atomic mass is 10.0. The minimum Gasteiger partial charge on any atom is -0.378 e. The molecule has 1 fully saturated rings. The molecule has 102 valence electrons. The fourth-order valence-corrected chi connectivity index (χ4v) is 2.45. The summed E-state index contributed by atoms with van der Waals surface area (Å²) in [5, 5.41) is 3.42. The third-order valence-corrected chi connectivity index (χ3v) is 3.67. The molecule has 1 saturated heterocycles. The van der Waals surface area contributed by atoms with Crippen LogP contribution in [0.5, 0.6) is 0 Å². The molecule has 2 aromatic heterocycles. The zero-order valence-electron chi connectivity index (χ0n) is 11.1. The van der Waals surface area contributed by atoms with E-state index in [1.54, 1.807) is 7.11 Å². The quantitative estimate of drug-likeness (QED) is 0.879. The van der Waals surface area contributed by atoms with E-state index in [0.717, 1.165) is 37.5 Å². The molecule has 0 aliphatic carbocycles. The van der Waals surface area contributed by atoms with Gasteiger partial charge in [0.1, 0.15) is 11.2 Å². The van der Waals surface area contributed by atoms with E-state index in [9.17, 15) is 0 Å². The largest absolute Gasteiger partial charge is 0.378 e. The van der Waals surface area contributed by atoms with Crippen molar-refractivity contribution in [2.45, 2.75) is 18.6 Å². The number of imidazole rings is 1. The Kier molecular flexibility index (Phi) is 3.50. The van der Waals surface area contributed by atoms with Gasteiger partial charge in [-0.3, -0.25) is 0 Å². The zero-order chi connectivity index (χ0) is 13.1. The second-order valence-electron chi connectivity index (χ2n) is 4.99. The predicted molar refractivity (Wildman–Crippen MR) is 72.1 cm³/mol. The molecule has 0 spiro atoms. The van der Waals surface area contributed by atoms with Gasteiger partial charge in [0.25, 0.3) is 0 Å². The van der Waals surface area contributed by atoms with E-state index in [1.165, 1.54) is 0 Å². The van der Waals surface area contributed by atoms with Gasteiger partial charge in [0.05, 0.1) is 12.3 Å². The van der Waals surface area contributed by atoms with E-state index in [4.69, 9.17) is 9.47 Å². The summed E-state index contributed by atoms with van der Waals surface area (Å²) in [5.41, 5.74) is 1.85. The van der Waals surface area contributed by atoms with Crippen LogP contribution in [0.4, 0.5) is 0 Å². The molecule has 0 bridgehead atoms. The highest BCUT2D eigenvalue weighted by Crippen LogP contribution is 2.21. The predicted octanol–water partition coefficient (Wildman–Crippen LogP) is 1.23. The van der Waals surface area contributed by atoms with Crippen LogP contribution >= 0.6 is 0 Å². The summed E-state index contributed by atoms with van der Waals surface area (Å²) in [6.45, 7) is 2.98. The minimum absolute atomic E-state index is 0.168. The number of hydrogen-bond acceptors (Lipinski definition) is 4. The Morgan fingerprint density at radius 1 is 1.53 bits per heavy atom. The first-order valence-electron chi connectivity index (χ1n) is 6.58. The van der Waals surface area contributed by atoms with Gasteiger partial charge in [-0.25, -0.2) is 4.98 Å². The number of nitrogens with one attached hydrogen (secondary N) is 1. The third-order valence-electron chi connectivity index (χ3n) is 3.67. The van der Waals surface area contributed by atoms with E-state index in [2.05, 4.69) is 10.3 Å². The van der Waals surface area contributed by atoms with Crippen molar-refractivity contribution < 1.29 is 9.47 Å². The smallest absolute Gasteiger partial charge is 0.137 e. The van der Waals surface area contributed by atoms with E-state index in [-0.39, 0.29) is 5.60 Å². The molecule has 0 aromatic carbocycles. The van der Waals surface area contributed by atoms with Crippen LogP contribution in [0.2, 0.25) is 0 Å². The fourth-order valence-electron chi connectivity index (χ4n) is 2.45. The Morgan fingerprint density at radius 2 is 2.47 bits per heavy atom. The van der Waals surface area contributed by atoms with E-state index < -0.39 is 0 Å². The average molecular weight is 261 g/mol. The standard InChI is InChI=1S/C14H19N3O2/c1-18-14(5-7-19-11-14)10-15-8-12-9-17-6-3-2-4-13(17)16-12/h2-4,6,9,15H,5,7-8,10-11H2,1H3. The first kappa shape index (κ1) is 12.6. The molecule has 1 aliphatic rings. The second-order valence-corrected chi connectivity index (χ2v) is 4.99. The maximum Gasteiger partial charge on any atom is 0.137 e. The number of nitrogens with zero attached hydrogens (tertiary/aromatic N) is 2. The molecule has 1 atom stereocenters. The number of fused-ring (bicyclic) bond motifs is 1. The van der Waals surface area contributed by atoms with Crippen molar-refractivity contribution >= 4 is 5.65 Å². The topological polar surface area (TPSA) is 47.8 Å². The van der Waals surface area contributed by atoms with Crippen LogP contribution in [-0.4, -0.2) is 41.9 Å². The van der Waals surface area contributed by atoms with Gasteiger partial charge in [0, 0.05) is 45.6 Å². The monoisotopic (exact) mass is 261 g/mol. The Labute approximate surface area is 112 Å². The van der Waals surface area contributed by atoms with Crippen LogP contribution in [-0.2, 0) is 16.0 Å². The minimum atomic E-state index is -0.168. The van der Waals surface area contributed by atoms with Gasteiger partial charge in [-0.1, -0.05) is 6.07 Å². The molecule has 5 heteroatoms. The van der Waals surface area contributed by atoms with Crippen molar-refractivity contribution in [3.05, 3.63) is 36.3 Å². The maximum atomic E-state index is 5.58. The van der Waals surface area contributed by atoms with Crippen molar-refractivity contribution in [1.82, 2.24) is 14.7 Å². The highest BCUT2D eigenvalue weighted by atomic mass is 16.5. The van der Waals surface area contributed by atoms with Crippen LogP contribution in [0.3, 0.4) is 0 Å². The Balaban J connectivity index is 1.60. The molecule has 0 saturated carbocycles. The number of methoxy groups -OCH3 is 1. The van der Waals surface area contributed by atoms with Crippen LogP contribution in [0.15, 0.2) is 30.6 Å². The molecular formula is C14H19N3O2. The van der Waals surface area contributed by atoms with Crippen molar-refractivity contribution in [2.24, 2.45) is 0 Å². The molecule has 1 N–H and O–H groups in total. The van der Waals surface area contributed by atoms with Gasteiger partial charge in [0.2, 0.25) is 0 Å². The zero-order valence-corrected chi connectivity index (χ0v) is 11.1. The van der Waals surface area contributed by atoms with Crippen LogP contribution in [0.1, 0.15) is 12.1 Å². The van der Waals surface area contributed by atoms with E-state index in [1.807, 2.05) is 35.0 Å². The first-order valence-corrected chi connectivity index (χ1v) is 6.58. The van der Waals surface area contributed by atoms with Gasteiger partial charge >= 0.3 is 0 Å². The normalized spacial score (nSPS) is 23.2. The molecule has 1 aliphatic heterocycles. The van der Waals surface area contributed by atoms with Crippen LogP contribution in [0.25, 0.3) is 5.65 Å². The summed E-state index contributed by atoms with van der Waals surface area (Å²) in [5.74, 6) is 0. The van der Waals surface area contributed by atoms with Gasteiger partial charge in [-0.2, -0.15) is 0 Å². The van der Waals surface area contributed by atoms with E-state index in [0.29, 0.717) is 6.61 Å². The summed E-state index contributed by atoms with van der Waals surface area (Å²) in [6.07, 6.45) is 5.00. The van der Waals surface area contributed by atoms with Gasteiger partial charge in [-0.05, 0) is 12.1 Å². The molecule has 0 amide bonds. The molecule has 3 rings (SSSR count). The van der Waals surface area contributed by atoms with Gasteiger partial charge in [0.15, 0.2) is 0 Å². The number of ether oxygens (including phenoxy) is 2.